The molecule has 1 heterocycles. The lowest BCUT2D eigenvalue weighted by atomic mass is 10.2. The van der Waals surface area contributed by atoms with Crippen LogP contribution in [-0.4, -0.2) is 41.8 Å². The Morgan fingerprint density at radius 2 is 2.18 bits per heavy atom. The molecule has 0 radical (unpaired) electrons. The van der Waals surface area contributed by atoms with E-state index in [0.717, 1.165) is 0 Å². The molecule has 6 heteroatoms. The second-order valence-corrected chi connectivity index (χ2v) is 4.30. The highest BCUT2D eigenvalue weighted by molar-refractivity contribution is 9.10. The van der Waals surface area contributed by atoms with Crippen molar-refractivity contribution in [2.75, 3.05) is 20.1 Å². The van der Waals surface area contributed by atoms with E-state index in [1.54, 1.807) is 19.2 Å². The van der Waals surface area contributed by atoms with E-state index in [9.17, 15) is 9.59 Å². The van der Waals surface area contributed by atoms with Crippen LogP contribution in [0.25, 0.3) is 0 Å². The molecule has 0 aliphatic rings. The Kier molecular flexibility index (Phi) is 5.09. The highest BCUT2D eigenvalue weighted by Gasteiger charge is 2.14. The van der Waals surface area contributed by atoms with Gasteiger partial charge in [-0.15, -0.1) is 0 Å². The van der Waals surface area contributed by atoms with E-state index in [-0.39, 0.29) is 18.4 Å². The van der Waals surface area contributed by atoms with E-state index < -0.39 is 0 Å². The van der Waals surface area contributed by atoms with Crippen LogP contribution in [0, 0.1) is 0 Å². The van der Waals surface area contributed by atoms with Gasteiger partial charge in [0.15, 0.2) is 0 Å². The van der Waals surface area contributed by atoms with Crippen LogP contribution in [0.2, 0.25) is 0 Å². The summed E-state index contributed by atoms with van der Waals surface area (Å²) < 4.78 is 0.667. The molecule has 0 spiro atoms. The number of likely N-dealkylation sites (N-methyl/N-ethyl adjacent to an activating group) is 2. The van der Waals surface area contributed by atoms with Gasteiger partial charge in [-0.05, 0) is 35.0 Å². The highest BCUT2D eigenvalue weighted by atomic mass is 79.9. The number of nitrogens with zero attached hydrogens (tertiary/aromatic N) is 2. The number of hydrogen-bond acceptors (Lipinski definition) is 3. The smallest absolute Gasteiger partial charge is 0.255 e. The van der Waals surface area contributed by atoms with Crippen LogP contribution < -0.4 is 5.32 Å². The van der Waals surface area contributed by atoms with Crippen LogP contribution in [-0.2, 0) is 4.79 Å². The maximum absolute atomic E-state index is 11.9. The van der Waals surface area contributed by atoms with Gasteiger partial charge in [-0.25, -0.2) is 4.98 Å². The SMILES string of the molecule is CCNC(=O)CN(C)C(=O)c1ccc(Br)nc1. The summed E-state index contributed by atoms with van der Waals surface area (Å²) in [4.78, 5) is 28.5. The first kappa shape index (κ1) is 13.6. The Balaban J connectivity index is 2.63. The Morgan fingerprint density at radius 1 is 1.47 bits per heavy atom. The summed E-state index contributed by atoms with van der Waals surface area (Å²) in [5, 5.41) is 2.64. The monoisotopic (exact) mass is 299 g/mol. The van der Waals surface area contributed by atoms with E-state index in [4.69, 9.17) is 0 Å². The zero-order chi connectivity index (χ0) is 12.8. The standard InChI is InChI=1S/C11H14BrN3O2/c1-3-13-10(16)7-15(2)11(17)8-4-5-9(12)14-6-8/h4-6H,3,7H2,1-2H3,(H,13,16). The van der Waals surface area contributed by atoms with Crippen molar-refractivity contribution in [3.05, 3.63) is 28.5 Å². The fraction of sp³-hybridized carbons (Fsp3) is 0.364. The summed E-state index contributed by atoms with van der Waals surface area (Å²) in [6.07, 6.45) is 1.47. The Morgan fingerprint density at radius 3 is 2.71 bits per heavy atom. The molecule has 92 valence electrons. The molecule has 0 saturated carbocycles. The van der Waals surface area contributed by atoms with Gasteiger partial charge < -0.3 is 10.2 Å². The second kappa shape index (κ2) is 6.34. The summed E-state index contributed by atoms with van der Waals surface area (Å²) in [5.74, 6) is -0.398. The molecule has 0 saturated heterocycles. The number of pyridine rings is 1. The van der Waals surface area contributed by atoms with Crippen molar-refractivity contribution in [2.24, 2.45) is 0 Å². The van der Waals surface area contributed by atoms with Gasteiger partial charge in [-0.1, -0.05) is 0 Å². The molecular weight excluding hydrogens is 286 g/mol. The Bertz CT molecular complexity index is 406. The number of hydrogen-bond donors (Lipinski definition) is 1. The average molecular weight is 300 g/mol. The number of nitrogens with one attached hydrogen (secondary N) is 1. The first-order chi connectivity index (χ1) is 8.04. The van der Waals surface area contributed by atoms with E-state index in [0.29, 0.717) is 16.7 Å². The minimum atomic E-state index is -0.226. The molecule has 1 aromatic heterocycles. The van der Waals surface area contributed by atoms with Crippen molar-refractivity contribution in [3.8, 4) is 0 Å². The molecule has 0 aliphatic heterocycles. The molecule has 5 nitrogen and oxygen atoms in total. The Hall–Kier alpha value is -1.43. The number of amides is 2. The lowest BCUT2D eigenvalue weighted by Gasteiger charge is -2.16. The van der Waals surface area contributed by atoms with Crippen molar-refractivity contribution >= 4 is 27.7 Å². The molecule has 0 fully saturated rings. The van der Waals surface area contributed by atoms with Crippen molar-refractivity contribution in [1.82, 2.24) is 15.2 Å². The fourth-order valence-corrected chi connectivity index (χ4v) is 1.50. The van der Waals surface area contributed by atoms with Gasteiger partial charge in [0.05, 0.1) is 12.1 Å². The van der Waals surface area contributed by atoms with Crippen LogP contribution in [0.1, 0.15) is 17.3 Å². The van der Waals surface area contributed by atoms with Gasteiger partial charge in [0, 0.05) is 19.8 Å². The molecule has 1 N–H and O–H groups in total. The molecule has 0 aliphatic carbocycles. The minimum absolute atomic E-state index is 0.0444. The summed E-state index contributed by atoms with van der Waals surface area (Å²) in [7, 11) is 1.58. The second-order valence-electron chi connectivity index (χ2n) is 3.48. The van der Waals surface area contributed by atoms with E-state index in [2.05, 4.69) is 26.2 Å². The van der Waals surface area contributed by atoms with Gasteiger partial charge in [0.25, 0.3) is 5.91 Å². The third-order valence-electron chi connectivity index (χ3n) is 2.08. The largest absolute Gasteiger partial charge is 0.355 e. The first-order valence-electron chi connectivity index (χ1n) is 5.18. The summed E-state index contributed by atoms with van der Waals surface area (Å²) in [5.41, 5.74) is 0.458. The number of carbonyl (C=O) groups excluding carboxylic acids is 2. The highest BCUT2D eigenvalue weighted by Crippen LogP contribution is 2.08. The van der Waals surface area contributed by atoms with Crippen molar-refractivity contribution in [2.45, 2.75) is 6.92 Å². The zero-order valence-electron chi connectivity index (χ0n) is 9.74. The van der Waals surface area contributed by atoms with Crippen molar-refractivity contribution in [1.29, 1.82) is 0 Å². The number of rotatable bonds is 4. The predicted molar refractivity (Wildman–Crippen MR) is 67.6 cm³/mol. The van der Waals surface area contributed by atoms with Gasteiger partial charge in [0.2, 0.25) is 5.91 Å². The molecule has 0 atom stereocenters. The molecule has 17 heavy (non-hydrogen) atoms. The first-order valence-corrected chi connectivity index (χ1v) is 5.97. The third-order valence-corrected chi connectivity index (χ3v) is 2.54. The maximum atomic E-state index is 11.9. The fourth-order valence-electron chi connectivity index (χ4n) is 1.26. The van der Waals surface area contributed by atoms with Gasteiger partial charge >= 0.3 is 0 Å². The molecule has 0 aromatic carbocycles. The lowest BCUT2D eigenvalue weighted by Crippen LogP contribution is -2.38. The summed E-state index contributed by atoms with van der Waals surface area (Å²) in [6.45, 7) is 2.43. The van der Waals surface area contributed by atoms with Crippen LogP contribution >= 0.6 is 15.9 Å². The van der Waals surface area contributed by atoms with Crippen molar-refractivity contribution < 1.29 is 9.59 Å². The maximum Gasteiger partial charge on any atom is 0.255 e. The zero-order valence-corrected chi connectivity index (χ0v) is 11.3. The number of halogens is 1. The van der Waals surface area contributed by atoms with E-state index in [1.807, 2.05) is 6.92 Å². The lowest BCUT2D eigenvalue weighted by molar-refractivity contribution is -0.121. The van der Waals surface area contributed by atoms with Gasteiger partial charge in [-0.3, -0.25) is 9.59 Å². The molecule has 1 rings (SSSR count). The van der Waals surface area contributed by atoms with E-state index in [1.165, 1.54) is 11.1 Å². The normalized spacial score (nSPS) is 9.82. The summed E-state index contributed by atoms with van der Waals surface area (Å²) >= 11 is 3.19. The van der Waals surface area contributed by atoms with E-state index >= 15 is 0 Å². The van der Waals surface area contributed by atoms with Crippen LogP contribution in [0.4, 0.5) is 0 Å². The van der Waals surface area contributed by atoms with Gasteiger partial charge in [0.1, 0.15) is 4.60 Å². The quantitative estimate of drug-likeness (QED) is 0.846. The molecule has 2 amide bonds. The summed E-state index contributed by atoms with van der Waals surface area (Å²) in [6, 6.07) is 3.35. The number of aromatic nitrogens is 1. The molecule has 1 aromatic rings. The van der Waals surface area contributed by atoms with Gasteiger partial charge in [-0.2, -0.15) is 0 Å². The molecular formula is C11H14BrN3O2. The molecule has 0 bridgehead atoms. The predicted octanol–water partition coefficient (Wildman–Crippen LogP) is 1.05. The topological polar surface area (TPSA) is 62.3 Å². The number of carbonyl (C=O) groups is 2. The van der Waals surface area contributed by atoms with Crippen LogP contribution in [0.15, 0.2) is 22.9 Å². The average Bonchev–Trinajstić information content (AvgIpc) is 2.29. The van der Waals surface area contributed by atoms with Crippen LogP contribution in [0.5, 0.6) is 0 Å². The minimum Gasteiger partial charge on any atom is -0.355 e. The molecule has 0 unspecified atom stereocenters. The van der Waals surface area contributed by atoms with Crippen LogP contribution in [0.3, 0.4) is 0 Å². The Labute approximate surface area is 108 Å². The van der Waals surface area contributed by atoms with Crippen molar-refractivity contribution in [3.63, 3.8) is 0 Å². The third kappa shape index (κ3) is 4.14.